The largest absolute Gasteiger partial charge is 0.382 e. The molecule has 0 radical (unpaired) electrons. The predicted molar refractivity (Wildman–Crippen MR) is 108 cm³/mol. The number of benzene rings is 2. The van der Waals surface area contributed by atoms with E-state index in [-0.39, 0.29) is 13.0 Å². The highest BCUT2D eigenvalue weighted by Gasteiger charge is 2.45. The van der Waals surface area contributed by atoms with E-state index < -0.39 is 17.0 Å². The van der Waals surface area contributed by atoms with Gasteiger partial charge in [0.05, 0.1) is 12.2 Å². The molecule has 1 atom stereocenters. The fourth-order valence-corrected chi connectivity index (χ4v) is 2.99. The summed E-state index contributed by atoms with van der Waals surface area (Å²) in [5, 5.41) is 0.990. The lowest BCUT2D eigenvalue weighted by Crippen LogP contribution is -2.62. The standard InChI is InChI=1S/C22H28N2O4/c1-21(2,3)28-24(16-25)22(15-27-4,20(23)26)14-17-10-12-19(13-11-17)18-8-6-5-7-9-18/h5-13,16H,14-15H2,1-4H3,(H2,23,26). The highest BCUT2D eigenvalue weighted by Crippen LogP contribution is 2.26. The summed E-state index contributed by atoms with van der Waals surface area (Å²) in [5.74, 6) is -0.696. The van der Waals surface area contributed by atoms with Gasteiger partial charge in [0.2, 0.25) is 12.3 Å². The van der Waals surface area contributed by atoms with Crippen LogP contribution in [-0.2, 0) is 25.6 Å². The molecule has 0 aliphatic heterocycles. The van der Waals surface area contributed by atoms with Crippen LogP contribution in [-0.4, -0.2) is 42.2 Å². The van der Waals surface area contributed by atoms with E-state index in [1.165, 1.54) is 7.11 Å². The van der Waals surface area contributed by atoms with Gasteiger partial charge < -0.3 is 10.5 Å². The van der Waals surface area contributed by atoms with Gasteiger partial charge in [0.1, 0.15) is 0 Å². The molecule has 2 aromatic rings. The number of ether oxygens (including phenoxy) is 1. The normalized spacial score (nSPS) is 13.6. The molecule has 0 heterocycles. The average Bonchev–Trinajstić information content (AvgIpc) is 2.66. The van der Waals surface area contributed by atoms with Crippen LogP contribution < -0.4 is 5.73 Å². The third kappa shape index (κ3) is 5.18. The second-order valence-corrected chi connectivity index (χ2v) is 7.70. The van der Waals surface area contributed by atoms with Crippen LogP contribution in [0.15, 0.2) is 54.6 Å². The van der Waals surface area contributed by atoms with Gasteiger partial charge in [0.25, 0.3) is 0 Å². The van der Waals surface area contributed by atoms with Gasteiger partial charge in [-0.1, -0.05) is 54.6 Å². The van der Waals surface area contributed by atoms with Crippen molar-refractivity contribution in [2.45, 2.75) is 38.3 Å². The van der Waals surface area contributed by atoms with Gasteiger partial charge in [-0.25, -0.2) is 5.06 Å². The topological polar surface area (TPSA) is 81.9 Å². The van der Waals surface area contributed by atoms with Gasteiger partial charge in [0, 0.05) is 13.5 Å². The number of amides is 2. The summed E-state index contributed by atoms with van der Waals surface area (Å²) in [5.41, 5.74) is 6.56. The Labute approximate surface area is 166 Å². The van der Waals surface area contributed by atoms with Gasteiger partial charge in [-0.15, -0.1) is 0 Å². The first-order valence-electron chi connectivity index (χ1n) is 9.09. The Morgan fingerprint density at radius 2 is 1.61 bits per heavy atom. The molecule has 2 aromatic carbocycles. The summed E-state index contributed by atoms with van der Waals surface area (Å²) in [6.45, 7) is 5.28. The van der Waals surface area contributed by atoms with Crippen molar-refractivity contribution in [3.63, 3.8) is 0 Å². The molecule has 2 rings (SSSR count). The molecule has 2 amide bonds. The highest BCUT2D eigenvalue weighted by atomic mass is 16.7. The maximum Gasteiger partial charge on any atom is 0.248 e. The Bertz CT molecular complexity index is 784. The summed E-state index contributed by atoms with van der Waals surface area (Å²) in [6, 6.07) is 17.7. The van der Waals surface area contributed by atoms with E-state index >= 15 is 0 Å². The minimum atomic E-state index is -1.46. The lowest BCUT2D eigenvalue weighted by molar-refractivity contribution is -0.257. The van der Waals surface area contributed by atoms with Crippen LogP contribution in [0.4, 0.5) is 0 Å². The molecule has 6 nitrogen and oxygen atoms in total. The van der Waals surface area contributed by atoms with Gasteiger partial charge in [-0.05, 0) is 37.5 Å². The monoisotopic (exact) mass is 384 g/mol. The Morgan fingerprint density at radius 3 is 2.07 bits per heavy atom. The van der Waals surface area contributed by atoms with Crippen LogP contribution in [0.25, 0.3) is 11.1 Å². The Hall–Kier alpha value is -2.70. The van der Waals surface area contributed by atoms with Crippen molar-refractivity contribution in [2.75, 3.05) is 13.7 Å². The zero-order valence-corrected chi connectivity index (χ0v) is 16.8. The zero-order valence-electron chi connectivity index (χ0n) is 16.8. The van der Waals surface area contributed by atoms with E-state index in [0.717, 1.165) is 21.8 Å². The third-order valence-electron chi connectivity index (χ3n) is 4.29. The molecule has 0 spiro atoms. The highest BCUT2D eigenvalue weighted by molar-refractivity contribution is 5.87. The molecule has 28 heavy (non-hydrogen) atoms. The van der Waals surface area contributed by atoms with Gasteiger partial charge in [-0.3, -0.25) is 14.4 Å². The van der Waals surface area contributed by atoms with Gasteiger partial charge in [0.15, 0.2) is 5.54 Å². The molecule has 6 heteroatoms. The van der Waals surface area contributed by atoms with Crippen molar-refractivity contribution in [1.82, 2.24) is 5.06 Å². The third-order valence-corrected chi connectivity index (χ3v) is 4.29. The second-order valence-electron chi connectivity index (χ2n) is 7.70. The number of hydrogen-bond acceptors (Lipinski definition) is 4. The van der Waals surface area contributed by atoms with Crippen LogP contribution in [0.5, 0.6) is 0 Å². The summed E-state index contributed by atoms with van der Waals surface area (Å²) < 4.78 is 5.25. The van der Waals surface area contributed by atoms with E-state index in [4.69, 9.17) is 15.3 Å². The van der Waals surface area contributed by atoms with Crippen LogP contribution in [0, 0.1) is 0 Å². The molecule has 0 saturated heterocycles. The van der Waals surface area contributed by atoms with Crippen LogP contribution in [0.3, 0.4) is 0 Å². The molecule has 1 unspecified atom stereocenters. The molecule has 0 bridgehead atoms. The Balaban J connectivity index is 2.36. The summed E-state index contributed by atoms with van der Waals surface area (Å²) in [4.78, 5) is 29.9. The molecule has 0 saturated carbocycles. The van der Waals surface area contributed by atoms with Crippen molar-refractivity contribution < 1.29 is 19.2 Å². The second kappa shape index (κ2) is 8.99. The lowest BCUT2D eigenvalue weighted by atomic mass is 9.89. The molecule has 150 valence electrons. The Morgan fingerprint density at radius 1 is 1.04 bits per heavy atom. The van der Waals surface area contributed by atoms with Crippen molar-refractivity contribution in [1.29, 1.82) is 0 Å². The number of nitrogens with zero attached hydrogens (tertiary/aromatic N) is 1. The number of carbonyl (C=O) groups excluding carboxylic acids is 2. The summed E-state index contributed by atoms with van der Waals surface area (Å²) in [7, 11) is 1.45. The minimum Gasteiger partial charge on any atom is -0.382 e. The molecule has 0 aliphatic rings. The smallest absolute Gasteiger partial charge is 0.248 e. The van der Waals surface area contributed by atoms with Crippen molar-refractivity contribution in [3.05, 3.63) is 60.2 Å². The summed E-state index contributed by atoms with van der Waals surface area (Å²) in [6.07, 6.45) is 0.646. The van der Waals surface area contributed by atoms with E-state index in [2.05, 4.69) is 0 Å². The molecular formula is C22H28N2O4. The van der Waals surface area contributed by atoms with Crippen molar-refractivity contribution in [2.24, 2.45) is 5.73 Å². The minimum absolute atomic E-state index is 0.0857. The molecule has 0 fully saturated rings. The quantitative estimate of drug-likeness (QED) is 0.532. The number of nitrogens with two attached hydrogens (primary N) is 1. The molecule has 2 N–H and O–H groups in total. The maximum atomic E-state index is 12.5. The SMILES string of the molecule is COCC(Cc1ccc(-c2ccccc2)cc1)(C(N)=O)N(C=O)OC(C)(C)C. The van der Waals surface area contributed by atoms with E-state index in [0.29, 0.717) is 6.41 Å². The Kier molecular flexibility index (Phi) is 6.94. The van der Waals surface area contributed by atoms with Gasteiger partial charge in [-0.2, -0.15) is 0 Å². The van der Waals surface area contributed by atoms with Crippen molar-refractivity contribution >= 4 is 12.3 Å². The first-order chi connectivity index (χ1) is 13.2. The number of primary amides is 1. The number of carbonyl (C=O) groups is 2. The fraction of sp³-hybridized carbons (Fsp3) is 0.364. The molecule has 0 aromatic heterocycles. The number of rotatable bonds is 9. The summed E-state index contributed by atoms with van der Waals surface area (Å²) >= 11 is 0. The fourth-order valence-electron chi connectivity index (χ4n) is 2.99. The number of hydrogen-bond donors (Lipinski definition) is 1. The van der Waals surface area contributed by atoms with Gasteiger partial charge >= 0.3 is 0 Å². The van der Waals surface area contributed by atoms with Crippen molar-refractivity contribution in [3.8, 4) is 11.1 Å². The van der Waals surface area contributed by atoms with E-state index in [9.17, 15) is 9.59 Å². The average molecular weight is 384 g/mol. The number of methoxy groups -OCH3 is 1. The van der Waals surface area contributed by atoms with Crippen LogP contribution >= 0.6 is 0 Å². The molecular weight excluding hydrogens is 356 g/mol. The van der Waals surface area contributed by atoms with E-state index in [1.54, 1.807) is 20.8 Å². The van der Waals surface area contributed by atoms with Crippen LogP contribution in [0.2, 0.25) is 0 Å². The predicted octanol–water partition coefficient (Wildman–Crippen LogP) is 2.96. The first kappa shape index (κ1) is 21.6. The maximum absolute atomic E-state index is 12.5. The first-order valence-corrected chi connectivity index (χ1v) is 9.09. The molecule has 0 aliphatic carbocycles. The van der Waals surface area contributed by atoms with E-state index in [1.807, 2.05) is 54.6 Å². The zero-order chi connectivity index (χ0) is 20.8. The lowest BCUT2D eigenvalue weighted by Gasteiger charge is -2.40. The van der Waals surface area contributed by atoms with Crippen LogP contribution in [0.1, 0.15) is 26.3 Å². The number of hydroxylamine groups is 2.